The van der Waals surface area contributed by atoms with Gasteiger partial charge in [0.15, 0.2) is 0 Å². The van der Waals surface area contributed by atoms with Gasteiger partial charge < -0.3 is 14.7 Å². The largest absolute Gasteiger partial charge is 0.335 e. The van der Waals surface area contributed by atoms with Crippen molar-refractivity contribution in [2.24, 2.45) is 0 Å². The third-order valence-electron chi connectivity index (χ3n) is 18.0. The highest BCUT2D eigenvalue weighted by atomic mass is 28.3. The zero-order valence-electron chi connectivity index (χ0n) is 40.2. The van der Waals surface area contributed by atoms with E-state index in [1.54, 1.807) is 16.6 Å². The number of rotatable bonds is 5. The summed E-state index contributed by atoms with van der Waals surface area (Å²) in [6.45, 7) is 32.8. The molecule has 320 valence electrons. The monoisotopic (exact) mass is 852 g/mol. The van der Waals surface area contributed by atoms with Gasteiger partial charge in [0.25, 0.3) is 6.71 Å². The van der Waals surface area contributed by atoms with Gasteiger partial charge in [0.2, 0.25) is 0 Å². The lowest BCUT2D eigenvalue weighted by Crippen LogP contribution is -2.66. The second kappa shape index (κ2) is 12.8. The lowest BCUT2D eigenvalue weighted by molar-refractivity contribution is 0.194. The number of hydrogen-bond acceptors (Lipinski definition) is 3. The maximum absolute atomic E-state index is 2.95. The van der Waals surface area contributed by atoms with Crippen molar-refractivity contribution in [3.63, 3.8) is 0 Å². The lowest BCUT2D eigenvalue weighted by Gasteiger charge is -2.55. The first-order chi connectivity index (χ1) is 29.1. The van der Waals surface area contributed by atoms with E-state index >= 15 is 0 Å². The molecule has 62 heavy (non-hydrogen) atoms. The summed E-state index contributed by atoms with van der Waals surface area (Å²) >= 11 is 0. The summed E-state index contributed by atoms with van der Waals surface area (Å²) in [5, 5.41) is 3.01. The molecular weight excluding hydrogens is 782 g/mol. The topological polar surface area (TPSA) is 9.72 Å². The van der Waals surface area contributed by atoms with Crippen LogP contribution in [0.1, 0.15) is 117 Å². The molecule has 0 bridgehead atoms. The maximum atomic E-state index is 2.95. The molecule has 11 rings (SSSR count). The van der Waals surface area contributed by atoms with Gasteiger partial charge in [0.05, 0.1) is 32.9 Å². The van der Waals surface area contributed by atoms with E-state index in [1.807, 2.05) is 0 Å². The van der Waals surface area contributed by atoms with Gasteiger partial charge in [-0.1, -0.05) is 165 Å². The Kier molecular flexibility index (Phi) is 8.44. The molecular formula is C56H70BN3Si2. The third-order valence-corrected chi connectivity index (χ3v) is 22.1. The van der Waals surface area contributed by atoms with Crippen LogP contribution in [0.2, 0.25) is 39.3 Å². The van der Waals surface area contributed by atoms with Gasteiger partial charge in [0.1, 0.15) is 0 Å². The second-order valence-corrected chi connectivity index (χ2v) is 34.7. The van der Waals surface area contributed by atoms with Crippen LogP contribution >= 0.6 is 0 Å². The van der Waals surface area contributed by atoms with E-state index < -0.39 is 16.1 Å². The highest BCUT2D eigenvalue weighted by Gasteiger charge is 2.65. The van der Waals surface area contributed by atoms with Gasteiger partial charge in [-0.3, -0.25) is 0 Å². The normalized spacial score (nSPS) is 26.8. The first-order valence-electron chi connectivity index (χ1n) is 24.2. The van der Waals surface area contributed by atoms with Gasteiger partial charge in [-0.25, -0.2) is 0 Å². The van der Waals surface area contributed by atoms with Crippen LogP contribution in [0.4, 0.5) is 39.8 Å². The number of para-hydroxylation sites is 1. The van der Waals surface area contributed by atoms with Crippen molar-refractivity contribution < 1.29 is 0 Å². The van der Waals surface area contributed by atoms with Crippen LogP contribution < -0.4 is 41.5 Å². The van der Waals surface area contributed by atoms with E-state index in [0.29, 0.717) is 0 Å². The minimum absolute atomic E-state index is 0.0309. The quantitative estimate of drug-likeness (QED) is 0.163. The molecule has 5 aromatic carbocycles. The Balaban J connectivity index is 1.26. The van der Waals surface area contributed by atoms with Crippen molar-refractivity contribution >= 4 is 89.4 Å². The van der Waals surface area contributed by atoms with Crippen molar-refractivity contribution in [1.29, 1.82) is 0 Å². The first kappa shape index (κ1) is 40.8. The van der Waals surface area contributed by atoms with E-state index in [2.05, 4.69) is 193 Å². The molecule has 5 aromatic rings. The minimum atomic E-state index is -1.50. The molecule has 3 nitrogen and oxygen atoms in total. The summed E-state index contributed by atoms with van der Waals surface area (Å²) in [7, 11) is -3.01. The van der Waals surface area contributed by atoms with Crippen LogP contribution in [0.5, 0.6) is 0 Å². The van der Waals surface area contributed by atoms with Gasteiger partial charge in [-0.2, -0.15) is 0 Å². The number of hydrogen-bond donors (Lipinski definition) is 0. The lowest BCUT2D eigenvalue weighted by atomic mass is 9.33. The molecule has 0 amide bonds. The fourth-order valence-corrected chi connectivity index (χ4v) is 16.2. The van der Waals surface area contributed by atoms with Crippen LogP contribution in [-0.4, -0.2) is 33.9 Å². The van der Waals surface area contributed by atoms with Gasteiger partial charge in [-0.05, 0) is 114 Å². The molecule has 0 spiro atoms. The molecule has 2 saturated carbocycles. The van der Waals surface area contributed by atoms with E-state index in [1.165, 1.54) is 118 Å². The van der Waals surface area contributed by atoms with Crippen molar-refractivity contribution in [2.75, 3.05) is 14.7 Å². The zero-order chi connectivity index (χ0) is 43.7. The Bertz CT molecular complexity index is 2610. The molecule has 0 saturated heterocycles. The van der Waals surface area contributed by atoms with Crippen LogP contribution in [0.3, 0.4) is 0 Å². The standard InChI is InChI=1S/C56H70BN3Si2/c1-52(2,3)37-33-44-51-46(34-37)57-45-20-18-19-43-50(45)59(55(6)31-16-14-29-53(43,55)4)47-35-40(36-48(49(47)57)60(51)56(7)32-17-15-30-54(44,56)5)58(38-21-25-41(26-22-38)61(8,9)10)39-23-27-42(28-24-39)62(11,12)13/h18-28,33-36H,14-17,29-32H2,1-13H3. The Morgan fingerprint density at radius 3 is 1.48 bits per heavy atom. The van der Waals surface area contributed by atoms with E-state index in [4.69, 9.17) is 0 Å². The average molecular weight is 852 g/mol. The Morgan fingerprint density at radius 2 is 1.00 bits per heavy atom. The fourth-order valence-electron chi connectivity index (χ4n) is 13.8. The molecule has 4 atom stereocenters. The molecule has 2 fully saturated rings. The number of nitrogens with zero attached hydrogens (tertiary/aromatic N) is 3. The maximum Gasteiger partial charge on any atom is 0.252 e. The van der Waals surface area contributed by atoms with Crippen LogP contribution in [0.15, 0.2) is 91.0 Å². The van der Waals surface area contributed by atoms with Gasteiger partial charge >= 0.3 is 0 Å². The highest BCUT2D eigenvalue weighted by Crippen LogP contribution is 2.65. The highest BCUT2D eigenvalue weighted by molar-refractivity contribution is 7.00. The summed E-state index contributed by atoms with van der Waals surface area (Å²) < 4.78 is 0. The van der Waals surface area contributed by atoms with E-state index in [0.717, 1.165) is 0 Å². The minimum Gasteiger partial charge on any atom is -0.335 e. The third kappa shape index (κ3) is 5.23. The Labute approximate surface area is 376 Å². The average Bonchev–Trinajstić information content (AvgIpc) is 3.56. The SMILES string of the molecule is CC(C)(C)c1cc2c3c(c1)C1(C)CCCCC1(C)N3c1cc(N(c3ccc([Si](C)(C)C)cc3)c3ccc([Si](C)(C)C)cc3)cc3c1B2c1cccc2c1N3C1(C)CCCCC21C. The molecule has 0 aromatic heterocycles. The first-order valence-corrected chi connectivity index (χ1v) is 31.2. The van der Waals surface area contributed by atoms with Crippen LogP contribution in [0.25, 0.3) is 0 Å². The second-order valence-electron chi connectivity index (χ2n) is 24.5. The molecule has 0 N–H and O–H groups in total. The molecule has 4 heterocycles. The summed E-state index contributed by atoms with van der Waals surface area (Å²) in [6, 6.07) is 37.6. The smallest absolute Gasteiger partial charge is 0.252 e. The summed E-state index contributed by atoms with van der Waals surface area (Å²) in [5.74, 6) is 0. The van der Waals surface area contributed by atoms with Crippen molar-refractivity contribution in [2.45, 2.75) is 166 Å². The molecule has 4 unspecified atom stereocenters. The molecule has 0 radical (unpaired) electrons. The van der Waals surface area contributed by atoms with Gasteiger partial charge in [-0.15, -0.1) is 0 Å². The Morgan fingerprint density at radius 1 is 0.532 bits per heavy atom. The van der Waals surface area contributed by atoms with Crippen molar-refractivity contribution in [3.05, 3.63) is 108 Å². The van der Waals surface area contributed by atoms with Crippen molar-refractivity contribution in [3.8, 4) is 0 Å². The molecule has 6 aliphatic rings. The number of benzene rings is 5. The van der Waals surface area contributed by atoms with Crippen LogP contribution in [-0.2, 0) is 16.2 Å². The molecule has 6 heteroatoms. The van der Waals surface area contributed by atoms with E-state index in [9.17, 15) is 0 Å². The molecule has 2 aliphatic carbocycles. The fraction of sp³-hybridized carbons (Fsp3) is 0.464. The summed E-state index contributed by atoms with van der Waals surface area (Å²) in [6.07, 6.45) is 10.0. The predicted octanol–water partition coefficient (Wildman–Crippen LogP) is 12.2. The summed E-state index contributed by atoms with van der Waals surface area (Å²) in [4.78, 5) is 8.51. The molecule has 4 aliphatic heterocycles. The summed E-state index contributed by atoms with van der Waals surface area (Å²) in [5.41, 5.74) is 19.0. The van der Waals surface area contributed by atoms with Crippen molar-refractivity contribution in [1.82, 2.24) is 0 Å². The van der Waals surface area contributed by atoms with Gasteiger partial charge in [0, 0.05) is 45.0 Å². The number of anilines is 7. The number of fused-ring (bicyclic) bond motifs is 10. The zero-order valence-corrected chi connectivity index (χ0v) is 42.2. The van der Waals surface area contributed by atoms with Crippen LogP contribution in [0, 0.1) is 0 Å². The van der Waals surface area contributed by atoms with E-state index in [-0.39, 0.29) is 34.0 Å². The Hall–Kier alpha value is -4.00. The predicted molar refractivity (Wildman–Crippen MR) is 276 cm³/mol.